The van der Waals surface area contributed by atoms with Gasteiger partial charge >= 0.3 is 13.8 Å². The van der Waals surface area contributed by atoms with E-state index < -0.39 is 20.1 Å². The molecule has 8 heteroatoms. The lowest BCUT2D eigenvalue weighted by molar-refractivity contribution is -0.162. The molecular formula is C7H15O7P. The predicted molar refractivity (Wildman–Crippen MR) is 51.5 cm³/mol. The highest BCUT2D eigenvalue weighted by molar-refractivity contribution is 7.45. The minimum atomic E-state index is -4.64. The van der Waals surface area contributed by atoms with E-state index in [0.717, 1.165) is 12.5 Å². The topological polar surface area (TPSA) is 124 Å². The molecule has 0 aromatic heterocycles. The summed E-state index contributed by atoms with van der Waals surface area (Å²) in [5.41, 5.74) is 0. The molecule has 0 heterocycles. The molecule has 0 aromatic carbocycles. The van der Waals surface area contributed by atoms with E-state index in [1.165, 1.54) is 0 Å². The summed E-state index contributed by atoms with van der Waals surface area (Å²) in [6.07, 6.45) is 1.31. The maximum Gasteiger partial charge on any atom is 0.466 e. The third-order valence-corrected chi connectivity index (χ3v) is 0.954. The van der Waals surface area contributed by atoms with Crippen LogP contribution in [0.3, 0.4) is 0 Å². The number of carbonyl (C=O) groups excluding carboxylic acids is 1. The molecule has 0 aromatic rings. The number of hydrogen-bond acceptors (Lipinski definition) is 4. The average molecular weight is 242 g/mol. The Morgan fingerprint density at radius 2 is 1.93 bits per heavy atom. The van der Waals surface area contributed by atoms with Crippen LogP contribution in [-0.2, 0) is 14.1 Å². The maximum atomic E-state index is 10.4. The zero-order valence-corrected chi connectivity index (χ0v) is 9.13. The van der Waals surface area contributed by atoms with Crippen molar-refractivity contribution in [3.63, 3.8) is 0 Å². The van der Waals surface area contributed by atoms with Gasteiger partial charge in [-0.05, 0) is 0 Å². The second-order valence-corrected chi connectivity index (χ2v) is 3.42. The van der Waals surface area contributed by atoms with E-state index in [1.807, 2.05) is 6.92 Å². The number of aliphatic hydroxyl groups is 1. The lowest BCUT2D eigenvalue weighted by Gasteiger charge is -2.07. The Labute approximate surface area is 87.2 Å². The Morgan fingerprint density at radius 1 is 1.53 bits per heavy atom. The van der Waals surface area contributed by atoms with Crippen molar-refractivity contribution in [1.82, 2.24) is 0 Å². The van der Waals surface area contributed by atoms with Crippen LogP contribution in [0.5, 0.6) is 0 Å². The Balaban J connectivity index is 0. The van der Waals surface area contributed by atoms with Crippen molar-refractivity contribution in [2.45, 2.75) is 26.1 Å². The van der Waals surface area contributed by atoms with Crippen LogP contribution in [0.1, 0.15) is 19.8 Å². The van der Waals surface area contributed by atoms with Crippen LogP contribution >= 0.6 is 7.82 Å². The predicted octanol–water partition coefficient (Wildman–Crippen LogP) is -0.0945. The number of ether oxygens (including phenoxy) is 1. The van der Waals surface area contributed by atoms with Gasteiger partial charge in [0.15, 0.2) is 0 Å². The molecule has 0 aliphatic carbocycles. The first-order valence-corrected chi connectivity index (χ1v) is 5.56. The molecule has 0 saturated carbocycles. The molecule has 0 rings (SSSR count). The molecule has 0 radical (unpaired) electrons. The summed E-state index contributed by atoms with van der Waals surface area (Å²) in [5, 5.41) is 8.86. The number of esters is 1. The van der Waals surface area contributed by atoms with Crippen molar-refractivity contribution < 1.29 is 33.9 Å². The minimum Gasteiger partial charge on any atom is -0.433 e. The number of rotatable bonds is 4. The van der Waals surface area contributed by atoms with Gasteiger partial charge in [0, 0.05) is 12.5 Å². The van der Waals surface area contributed by atoms with Crippen LogP contribution in [0.25, 0.3) is 0 Å². The number of hydrogen-bond donors (Lipinski definition) is 4. The summed E-state index contributed by atoms with van der Waals surface area (Å²) in [6.45, 7) is 5.08. The number of carbonyl (C=O) groups is 1. The van der Waals surface area contributed by atoms with Gasteiger partial charge in [0.25, 0.3) is 0 Å². The molecule has 0 amide bonds. The standard InChI is InChI=1S/C7H12O3.H3O4P/c1-3-5-7(9)10-6(8)4-2;1-5(2,3)4/h4,7,9H,2-3,5H2,1H3;(H3,1,2,3,4). The van der Waals surface area contributed by atoms with Gasteiger partial charge in [0.1, 0.15) is 0 Å². The van der Waals surface area contributed by atoms with Crippen molar-refractivity contribution >= 4 is 13.8 Å². The van der Waals surface area contributed by atoms with Crippen LogP contribution in [0, 0.1) is 0 Å². The maximum absolute atomic E-state index is 10.4. The first-order valence-electron chi connectivity index (χ1n) is 4.00. The summed E-state index contributed by atoms with van der Waals surface area (Å²) in [7, 11) is -4.64. The van der Waals surface area contributed by atoms with E-state index in [9.17, 15) is 4.79 Å². The van der Waals surface area contributed by atoms with Gasteiger partial charge in [-0.2, -0.15) is 0 Å². The molecule has 0 spiro atoms. The van der Waals surface area contributed by atoms with E-state index in [0.29, 0.717) is 6.42 Å². The van der Waals surface area contributed by atoms with Gasteiger partial charge in [0.05, 0.1) is 0 Å². The van der Waals surface area contributed by atoms with E-state index in [4.69, 9.17) is 24.4 Å². The zero-order valence-electron chi connectivity index (χ0n) is 8.24. The smallest absolute Gasteiger partial charge is 0.433 e. The lowest BCUT2D eigenvalue weighted by atomic mass is 10.3. The molecule has 15 heavy (non-hydrogen) atoms. The highest BCUT2D eigenvalue weighted by Crippen LogP contribution is 2.25. The molecule has 7 nitrogen and oxygen atoms in total. The molecule has 0 aliphatic rings. The van der Waals surface area contributed by atoms with Gasteiger partial charge in [-0.25, -0.2) is 9.36 Å². The molecule has 4 N–H and O–H groups in total. The Morgan fingerprint density at radius 3 is 2.20 bits per heavy atom. The van der Waals surface area contributed by atoms with Gasteiger partial charge in [-0.3, -0.25) is 0 Å². The third kappa shape index (κ3) is 24.6. The fraction of sp³-hybridized carbons (Fsp3) is 0.571. The molecular weight excluding hydrogens is 227 g/mol. The van der Waals surface area contributed by atoms with Crippen molar-refractivity contribution in [3.8, 4) is 0 Å². The van der Waals surface area contributed by atoms with Crippen LogP contribution in [-0.4, -0.2) is 32.0 Å². The Kier molecular flexibility index (Phi) is 9.55. The second-order valence-electron chi connectivity index (χ2n) is 2.40. The highest BCUT2D eigenvalue weighted by Gasteiger charge is 2.05. The first-order chi connectivity index (χ1) is 6.70. The van der Waals surface area contributed by atoms with Crippen LogP contribution < -0.4 is 0 Å². The minimum absolute atomic E-state index is 0.472. The van der Waals surface area contributed by atoms with Gasteiger partial charge in [0.2, 0.25) is 6.29 Å². The summed E-state index contributed by atoms with van der Waals surface area (Å²) in [4.78, 5) is 32.0. The number of phosphoric acid groups is 1. The SMILES string of the molecule is C=CC(=O)OC(O)CCC.O=P(O)(O)O. The van der Waals surface area contributed by atoms with Gasteiger partial charge < -0.3 is 24.5 Å². The van der Waals surface area contributed by atoms with Crippen LogP contribution in [0.15, 0.2) is 12.7 Å². The Bertz CT molecular complexity index is 225. The molecule has 1 atom stereocenters. The molecule has 0 aliphatic heterocycles. The van der Waals surface area contributed by atoms with Gasteiger partial charge in [-0.1, -0.05) is 19.9 Å². The monoisotopic (exact) mass is 242 g/mol. The van der Waals surface area contributed by atoms with Crippen LogP contribution in [0.2, 0.25) is 0 Å². The Hall–Kier alpha value is -0.720. The normalized spacial score (nSPS) is 12.1. The molecule has 0 saturated heterocycles. The van der Waals surface area contributed by atoms with Crippen molar-refractivity contribution in [2.24, 2.45) is 0 Å². The first kappa shape index (κ1) is 16.7. The van der Waals surface area contributed by atoms with E-state index in [1.54, 1.807) is 0 Å². The van der Waals surface area contributed by atoms with Crippen LogP contribution in [0.4, 0.5) is 0 Å². The summed E-state index contributed by atoms with van der Waals surface area (Å²) in [6, 6.07) is 0. The summed E-state index contributed by atoms with van der Waals surface area (Å²) < 4.78 is 13.3. The fourth-order valence-corrected chi connectivity index (χ4v) is 0.488. The molecule has 90 valence electrons. The van der Waals surface area contributed by atoms with Crippen molar-refractivity contribution in [3.05, 3.63) is 12.7 Å². The fourth-order valence-electron chi connectivity index (χ4n) is 0.488. The zero-order chi connectivity index (χ0) is 12.5. The second kappa shape index (κ2) is 8.58. The number of aliphatic hydroxyl groups excluding tert-OH is 1. The molecule has 0 fully saturated rings. The average Bonchev–Trinajstić information content (AvgIpc) is 2.01. The van der Waals surface area contributed by atoms with E-state index >= 15 is 0 Å². The molecule has 1 unspecified atom stereocenters. The summed E-state index contributed by atoms with van der Waals surface area (Å²) in [5.74, 6) is -0.582. The van der Waals surface area contributed by atoms with E-state index in [-0.39, 0.29) is 0 Å². The van der Waals surface area contributed by atoms with Gasteiger partial charge in [-0.15, -0.1) is 0 Å². The molecule has 0 bridgehead atoms. The van der Waals surface area contributed by atoms with Crippen molar-refractivity contribution in [2.75, 3.05) is 0 Å². The van der Waals surface area contributed by atoms with E-state index in [2.05, 4.69) is 11.3 Å². The highest BCUT2D eigenvalue weighted by atomic mass is 31.2. The third-order valence-electron chi connectivity index (χ3n) is 0.954. The summed E-state index contributed by atoms with van der Waals surface area (Å²) >= 11 is 0. The lowest BCUT2D eigenvalue weighted by Crippen LogP contribution is -2.15. The quantitative estimate of drug-likeness (QED) is 0.235. The van der Waals surface area contributed by atoms with Crippen molar-refractivity contribution in [1.29, 1.82) is 0 Å². The largest absolute Gasteiger partial charge is 0.466 e.